The standard InChI is InChI=1S/C26H19F11N2O3/c1-11(24(40)39-38-23-21(30)19(28)18(27)20(29)22(23)31)7-12-3-6-16(17(8-12)41-2)42-10-13-4-5-14(25(32,33)34)9-15(13)26(35,36)37/h3-6,8-9,11,38H,7,10H2,1-2H3,(H,39,40). The van der Waals surface area contributed by atoms with Crippen molar-refractivity contribution in [1.29, 1.82) is 0 Å². The molecule has 0 fully saturated rings. The van der Waals surface area contributed by atoms with E-state index in [9.17, 15) is 53.1 Å². The molecule has 16 heteroatoms. The predicted molar refractivity (Wildman–Crippen MR) is 125 cm³/mol. The molecular weight excluding hydrogens is 597 g/mol. The summed E-state index contributed by atoms with van der Waals surface area (Å²) in [6, 6.07) is 5.11. The lowest BCUT2D eigenvalue weighted by atomic mass is 10.00. The van der Waals surface area contributed by atoms with E-state index < -0.39 is 82.2 Å². The van der Waals surface area contributed by atoms with Crippen LogP contribution in [0.1, 0.15) is 29.2 Å². The first-order valence-corrected chi connectivity index (χ1v) is 11.6. The van der Waals surface area contributed by atoms with E-state index in [0.717, 1.165) is 0 Å². The lowest BCUT2D eigenvalue weighted by Crippen LogP contribution is -2.35. The number of methoxy groups -OCH3 is 1. The number of carbonyl (C=O) groups excluding carboxylic acids is 1. The van der Waals surface area contributed by atoms with Crippen LogP contribution in [0.4, 0.5) is 54.0 Å². The number of carbonyl (C=O) groups is 1. The largest absolute Gasteiger partial charge is 0.493 e. The summed E-state index contributed by atoms with van der Waals surface area (Å²) in [6.45, 7) is 0.584. The van der Waals surface area contributed by atoms with E-state index in [4.69, 9.17) is 9.47 Å². The topological polar surface area (TPSA) is 59.6 Å². The third kappa shape index (κ3) is 7.15. The van der Waals surface area contributed by atoms with Crippen LogP contribution in [0.15, 0.2) is 36.4 Å². The Morgan fingerprint density at radius 1 is 0.810 bits per heavy atom. The molecule has 0 saturated heterocycles. The van der Waals surface area contributed by atoms with Gasteiger partial charge in [-0.3, -0.25) is 15.6 Å². The van der Waals surface area contributed by atoms with Gasteiger partial charge in [-0.2, -0.15) is 26.3 Å². The van der Waals surface area contributed by atoms with Crippen molar-refractivity contribution in [3.8, 4) is 11.5 Å². The molecule has 2 N–H and O–H groups in total. The fourth-order valence-electron chi connectivity index (χ4n) is 3.66. The maximum atomic E-state index is 13.8. The van der Waals surface area contributed by atoms with Crippen LogP contribution in [0.2, 0.25) is 0 Å². The van der Waals surface area contributed by atoms with Crippen molar-refractivity contribution in [1.82, 2.24) is 5.43 Å². The minimum atomic E-state index is -5.10. The third-order valence-electron chi connectivity index (χ3n) is 5.86. The Morgan fingerprint density at radius 2 is 1.40 bits per heavy atom. The second kappa shape index (κ2) is 12.3. The average Bonchev–Trinajstić information content (AvgIpc) is 2.92. The maximum Gasteiger partial charge on any atom is 0.416 e. The predicted octanol–water partition coefficient (Wildman–Crippen LogP) is 7.33. The molecule has 1 amide bonds. The number of ether oxygens (including phenoxy) is 2. The quantitative estimate of drug-likeness (QED) is 0.115. The lowest BCUT2D eigenvalue weighted by Gasteiger charge is -2.18. The van der Waals surface area contributed by atoms with Crippen molar-refractivity contribution in [2.75, 3.05) is 12.5 Å². The average molecular weight is 616 g/mol. The van der Waals surface area contributed by atoms with Gasteiger partial charge in [-0.05, 0) is 36.2 Å². The van der Waals surface area contributed by atoms with Crippen LogP contribution in [-0.4, -0.2) is 13.0 Å². The first-order valence-electron chi connectivity index (χ1n) is 11.6. The molecule has 0 aromatic heterocycles. The molecule has 3 aromatic carbocycles. The van der Waals surface area contributed by atoms with Crippen LogP contribution in [0.3, 0.4) is 0 Å². The number of hydrogen-bond donors (Lipinski definition) is 2. The SMILES string of the molecule is COc1cc(CC(C)C(=O)NNc2c(F)c(F)c(F)c(F)c2F)ccc1OCc1ccc(C(F)(F)F)cc1C(F)(F)F. The summed E-state index contributed by atoms with van der Waals surface area (Å²) in [6.07, 6.45) is -10.2. The molecule has 0 aliphatic rings. The van der Waals surface area contributed by atoms with Crippen molar-refractivity contribution in [2.45, 2.75) is 32.3 Å². The lowest BCUT2D eigenvalue weighted by molar-refractivity contribution is -0.143. The maximum absolute atomic E-state index is 13.8. The van der Waals surface area contributed by atoms with Crippen molar-refractivity contribution in [3.05, 3.63) is 87.7 Å². The number of hydrazine groups is 1. The van der Waals surface area contributed by atoms with Gasteiger partial charge in [0.25, 0.3) is 0 Å². The fourth-order valence-corrected chi connectivity index (χ4v) is 3.66. The molecule has 1 unspecified atom stereocenters. The molecule has 0 bridgehead atoms. The van der Waals surface area contributed by atoms with Gasteiger partial charge < -0.3 is 9.47 Å². The van der Waals surface area contributed by atoms with E-state index in [2.05, 4.69) is 0 Å². The zero-order valence-corrected chi connectivity index (χ0v) is 21.3. The Kier molecular flexibility index (Phi) is 9.47. The van der Waals surface area contributed by atoms with Gasteiger partial charge in [0.1, 0.15) is 12.3 Å². The number of amides is 1. The number of alkyl halides is 6. The summed E-state index contributed by atoms with van der Waals surface area (Å²) < 4.78 is 157. The molecule has 3 rings (SSSR count). The number of nitrogens with one attached hydrogen (secondary N) is 2. The van der Waals surface area contributed by atoms with E-state index in [0.29, 0.717) is 17.7 Å². The molecule has 0 saturated carbocycles. The minimum absolute atomic E-state index is 0.0138. The Balaban J connectivity index is 1.70. The summed E-state index contributed by atoms with van der Waals surface area (Å²) in [5, 5.41) is 0. The van der Waals surface area contributed by atoms with Gasteiger partial charge in [0.15, 0.2) is 34.8 Å². The Bertz CT molecular complexity index is 1440. The van der Waals surface area contributed by atoms with Gasteiger partial charge in [-0.25, -0.2) is 22.0 Å². The Morgan fingerprint density at radius 3 is 1.95 bits per heavy atom. The fraction of sp³-hybridized carbons (Fsp3) is 0.269. The number of benzene rings is 3. The van der Waals surface area contributed by atoms with E-state index in [-0.39, 0.29) is 24.0 Å². The Labute approximate surface area is 230 Å². The molecule has 0 radical (unpaired) electrons. The van der Waals surface area contributed by atoms with Gasteiger partial charge in [0, 0.05) is 11.5 Å². The normalized spacial score (nSPS) is 12.6. The Hall–Kier alpha value is -4.24. The molecule has 42 heavy (non-hydrogen) atoms. The summed E-state index contributed by atoms with van der Waals surface area (Å²) >= 11 is 0. The highest BCUT2D eigenvalue weighted by molar-refractivity contribution is 5.80. The highest BCUT2D eigenvalue weighted by Crippen LogP contribution is 2.38. The molecule has 5 nitrogen and oxygen atoms in total. The van der Waals surface area contributed by atoms with Crippen molar-refractivity contribution in [3.63, 3.8) is 0 Å². The summed E-state index contributed by atoms with van der Waals surface area (Å²) in [5.74, 6) is -13.2. The molecule has 0 spiro atoms. The number of rotatable bonds is 9. The molecular formula is C26H19F11N2O3. The van der Waals surface area contributed by atoms with E-state index in [1.165, 1.54) is 32.2 Å². The highest BCUT2D eigenvalue weighted by Gasteiger charge is 2.38. The van der Waals surface area contributed by atoms with Crippen LogP contribution in [0.5, 0.6) is 11.5 Å². The minimum Gasteiger partial charge on any atom is -0.493 e. The van der Waals surface area contributed by atoms with Crippen molar-refractivity contribution in [2.24, 2.45) is 5.92 Å². The van der Waals surface area contributed by atoms with Crippen LogP contribution in [0, 0.1) is 35.0 Å². The van der Waals surface area contributed by atoms with Gasteiger partial charge in [-0.1, -0.05) is 19.1 Å². The molecule has 0 aliphatic carbocycles. The smallest absolute Gasteiger partial charge is 0.416 e. The first kappa shape index (κ1) is 32.3. The zero-order chi connectivity index (χ0) is 31.6. The van der Waals surface area contributed by atoms with Crippen LogP contribution in [0.25, 0.3) is 0 Å². The number of anilines is 1. The van der Waals surface area contributed by atoms with Crippen LogP contribution < -0.4 is 20.3 Å². The number of halogens is 11. The zero-order valence-electron chi connectivity index (χ0n) is 21.3. The molecule has 1 atom stereocenters. The van der Waals surface area contributed by atoms with Crippen LogP contribution in [-0.2, 0) is 30.2 Å². The second-order valence-electron chi connectivity index (χ2n) is 8.81. The van der Waals surface area contributed by atoms with E-state index >= 15 is 0 Å². The molecule has 3 aromatic rings. The van der Waals surface area contributed by atoms with Crippen molar-refractivity contribution >= 4 is 11.6 Å². The monoisotopic (exact) mass is 616 g/mol. The van der Waals surface area contributed by atoms with E-state index in [1.54, 1.807) is 5.43 Å². The van der Waals surface area contributed by atoms with Gasteiger partial charge in [0.05, 0.1) is 18.2 Å². The van der Waals surface area contributed by atoms with Gasteiger partial charge in [0.2, 0.25) is 11.7 Å². The highest BCUT2D eigenvalue weighted by atomic mass is 19.4. The first-order chi connectivity index (χ1) is 19.4. The summed E-state index contributed by atoms with van der Waals surface area (Å²) in [7, 11) is 1.19. The molecule has 0 aliphatic heterocycles. The third-order valence-corrected chi connectivity index (χ3v) is 5.86. The van der Waals surface area contributed by atoms with Gasteiger partial charge in [-0.15, -0.1) is 0 Å². The summed E-state index contributed by atoms with van der Waals surface area (Å²) in [4.78, 5) is 12.4. The van der Waals surface area contributed by atoms with Gasteiger partial charge >= 0.3 is 12.4 Å². The van der Waals surface area contributed by atoms with Crippen LogP contribution >= 0.6 is 0 Å². The van der Waals surface area contributed by atoms with Crippen molar-refractivity contribution < 1.29 is 62.6 Å². The van der Waals surface area contributed by atoms with E-state index in [1.807, 2.05) is 5.43 Å². The number of hydrogen-bond acceptors (Lipinski definition) is 4. The second-order valence-corrected chi connectivity index (χ2v) is 8.81. The summed E-state index contributed by atoms with van der Waals surface area (Å²) in [5.41, 5.74) is -1.17. The molecule has 228 valence electrons. The molecule has 0 heterocycles.